The number of nitrogen functional groups attached to an aromatic ring is 1. The van der Waals surface area contributed by atoms with E-state index in [0.717, 1.165) is 17.5 Å². The molecule has 0 fully saturated rings. The van der Waals surface area contributed by atoms with E-state index in [2.05, 4.69) is 23.9 Å². The van der Waals surface area contributed by atoms with E-state index in [0.29, 0.717) is 11.7 Å². The molecule has 0 saturated carbocycles. The Labute approximate surface area is 82.7 Å². The quantitative estimate of drug-likeness (QED) is 0.787. The maximum atomic E-state index is 5.64. The zero-order valence-corrected chi connectivity index (χ0v) is 8.44. The van der Waals surface area contributed by atoms with Crippen LogP contribution in [0.5, 0.6) is 0 Å². The monoisotopic (exact) mass is 190 g/mol. The Hall–Kier alpha value is -1.58. The number of nitrogens with zero attached hydrogens (tertiary/aromatic N) is 3. The third-order valence-corrected chi connectivity index (χ3v) is 2.46. The fourth-order valence-corrected chi connectivity index (χ4v) is 1.45. The van der Waals surface area contributed by atoms with Gasteiger partial charge in [-0.1, -0.05) is 6.92 Å². The van der Waals surface area contributed by atoms with Crippen LogP contribution in [0.1, 0.15) is 26.3 Å². The first-order valence-electron chi connectivity index (χ1n) is 4.81. The van der Waals surface area contributed by atoms with Crippen LogP contribution in [-0.2, 0) is 0 Å². The summed E-state index contributed by atoms with van der Waals surface area (Å²) in [5.41, 5.74) is 7.23. The molecule has 2 heterocycles. The Kier molecular flexibility index (Phi) is 2.11. The van der Waals surface area contributed by atoms with E-state index in [4.69, 9.17) is 5.73 Å². The topological polar surface area (TPSA) is 56.7 Å². The minimum absolute atomic E-state index is 0.378. The van der Waals surface area contributed by atoms with Crippen LogP contribution in [0, 0.1) is 0 Å². The van der Waals surface area contributed by atoms with E-state index in [-0.39, 0.29) is 0 Å². The number of hydrogen-bond acceptors (Lipinski definition) is 3. The molecule has 0 unspecified atom stereocenters. The number of fused-ring (bicyclic) bond motifs is 1. The number of anilines is 1. The molecule has 2 N–H and O–H groups in total. The van der Waals surface area contributed by atoms with Gasteiger partial charge in [0.05, 0.1) is 24.1 Å². The van der Waals surface area contributed by atoms with Crippen LogP contribution in [0.4, 0.5) is 5.69 Å². The molecule has 1 atom stereocenters. The van der Waals surface area contributed by atoms with Gasteiger partial charge in [0.15, 0.2) is 5.65 Å². The van der Waals surface area contributed by atoms with E-state index in [1.807, 2.05) is 16.9 Å². The van der Waals surface area contributed by atoms with Crippen molar-refractivity contribution in [1.82, 2.24) is 14.8 Å². The van der Waals surface area contributed by atoms with E-state index in [1.54, 1.807) is 6.20 Å². The summed E-state index contributed by atoms with van der Waals surface area (Å²) in [5, 5.41) is 5.31. The average Bonchev–Trinajstić information content (AvgIpc) is 2.59. The second-order valence-corrected chi connectivity index (χ2v) is 3.53. The smallest absolute Gasteiger partial charge is 0.158 e. The Balaban J connectivity index is 2.58. The van der Waals surface area contributed by atoms with Gasteiger partial charge in [-0.25, -0.2) is 9.67 Å². The molecule has 4 nitrogen and oxygen atoms in total. The van der Waals surface area contributed by atoms with Crippen LogP contribution in [-0.4, -0.2) is 14.8 Å². The van der Waals surface area contributed by atoms with Gasteiger partial charge in [0.1, 0.15) is 0 Å². The Morgan fingerprint density at radius 1 is 1.50 bits per heavy atom. The Bertz CT molecular complexity index is 446. The van der Waals surface area contributed by atoms with Crippen LogP contribution >= 0.6 is 0 Å². The van der Waals surface area contributed by atoms with Crippen LogP contribution in [0.25, 0.3) is 11.0 Å². The molecular formula is C10H14N4. The summed E-state index contributed by atoms with van der Waals surface area (Å²) in [6.07, 6.45) is 4.52. The SMILES string of the molecule is CC[C@H](C)n1ncc2cc(N)cnc21. The summed E-state index contributed by atoms with van der Waals surface area (Å²) in [6.45, 7) is 4.26. The number of hydrogen-bond donors (Lipinski definition) is 1. The van der Waals surface area contributed by atoms with Crippen molar-refractivity contribution in [3.8, 4) is 0 Å². The lowest BCUT2D eigenvalue weighted by molar-refractivity contribution is 0.490. The maximum absolute atomic E-state index is 5.64. The minimum atomic E-state index is 0.378. The minimum Gasteiger partial charge on any atom is -0.397 e. The van der Waals surface area contributed by atoms with Crippen molar-refractivity contribution < 1.29 is 0 Å². The molecule has 2 rings (SSSR count). The van der Waals surface area contributed by atoms with Crippen LogP contribution in [0.3, 0.4) is 0 Å². The van der Waals surface area contributed by atoms with Crippen LogP contribution in [0.15, 0.2) is 18.5 Å². The zero-order chi connectivity index (χ0) is 10.1. The van der Waals surface area contributed by atoms with Crippen molar-refractivity contribution >= 4 is 16.7 Å². The van der Waals surface area contributed by atoms with Crippen molar-refractivity contribution in [3.63, 3.8) is 0 Å². The third-order valence-electron chi connectivity index (χ3n) is 2.46. The van der Waals surface area contributed by atoms with E-state index in [9.17, 15) is 0 Å². The summed E-state index contributed by atoms with van der Waals surface area (Å²) in [7, 11) is 0. The lowest BCUT2D eigenvalue weighted by Crippen LogP contribution is -2.06. The van der Waals surface area contributed by atoms with Crippen molar-refractivity contribution in [2.24, 2.45) is 0 Å². The van der Waals surface area contributed by atoms with Crippen molar-refractivity contribution in [2.75, 3.05) is 5.73 Å². The molecule has 2 aromatic rings. The summed E-state index contributed by atoms with van der Waals surface area (Å²) in [5.74, 6) is 0. The van der Waals surface area contributed by atoms with Crippen molar-refractivity contribution in [1.29, 1.82) is 0 Å². The molecule has 0 spiro atoms. The van der Waals surface area contributed by atoms with Crippen molar-refractivity contribution in [3.05, 3.63) is 18.5 Å². The second kappa shape index (κ2) is 3.29. The van der Waals surface area contributed by atoms with Gasteiger partial charge in [-0.3, -0.25) is 0 Å². The number of nitrogens with two attached hydrogens (primary N) is 1. The van der Waals surface area contributed by atoms with E-state index >= 15 is 0 Å². The molecule has 0 saturated heterocycles. The van der Waals surface area contributed by atoms with E-state index < -0.39 is 0 Å². The number of rotatable bonds is 2. The summed E-state index contributed by atoms with van der Waals surface area (Å²) >= 11 is 0. The van der Waals surface area contributed by atoms with Gasteiger partial charge >= 0.3 is 0 Å². The summed E-state index contributed by atoms with van der Waals surface area (Å²) < 4.78 is 1.94. The van der Waals surface area contributed by atoms with Gasteiger partial charge in [0.2, 0.25) is 0 Å². The Morgan fingerprint density at radius 3 is 3.00 bits per heavy atom. The predicted octanol–water partition coefficient (Wildman–Crippen LogP) is 1.98. The molecule has 74 valence electrons. The predicted molar refractivity (Wildman–Crippen MR) is 56.9 cm³/mol. The molecule has 0 radical (unpaired) electrons. The maximum Gasteiger partial charge on any atom is 0.158 e. The molecule has 0 aromatic carbocycles. The Morgan fingerprint density at radius 2 is 2.29 bits per heavy atom. The summed E-state index contributed by atoms with van der Waals surface area (Å²) in [4.78, 5) is 4.29. The molecule has 0 aliphatic heterocycles. The largest absolute Gasteiger partial charge is 0.397 e. The summed E-state index contributed by atoms with van der Waals surface area (Å²) in [6, 6.07) is 2.28. The van der Waals surface area contributed by atoms with Gasteiger partial charge in [0, 0.05) is 5.39 Å². The fraction of sp³-hybridized carbons (Fsp3) is 0.400. The van der Waals surface area contributed by atoms with Crippen molar-refractivity contribution in [2.45, 2.75) is 26.3 Å². The third kappa shape index (κ3) is 1.32. The lowest BCUT2D eigenvalue weighted by Gasteiger charge is -2.09. The molecule has 14 heavy (non-hydrogen) atoms. The van der Waals surface area contributed by atoms with Gasteiger partial charge in [-0.15, -0.1) is 0 Å². The lowest BCUT2D eigenvalue weighted by atomic mass is 10.2. The number of pyridine rings is 1. The highest BCUT2D eigenvalue weighted by atomic mass is 15.3. The molecule has 4 heteroatoms. The van der Waals surface area contributed by atoms with Crippen LogP contribution in [0.2, 0.25) is 0 Å². The highest BCUT2D eigenvalue weighted by molar-refractivity contribution is 5.77. The molecular weight excluding hydrogens is 176 g/mol. The van der Waals surface area contributed by atoms with Crippen LogP contribution < -0.4 is 5.73 Å². The fourth-order valence-electron chi connectivity index (χ4n) is 1.45. The normalized spacial score (nSPS) is 13.3. The first-order chi connectivity index (χ1) is 6.72. The molecule has 0 bridgehead atoms. The van der Waals surface area contributed by atoms with Gasteiger partial charge in [-0.2, -0.15) is 5.10 Å². The molecule has 2 aromatic heterocycles. The van der Waals surface area contributed by atoms with Gasteiger partial charge in [-0.05, 0) is 19.4 Å². The average molecular weight is 190 g/mol. The number of aromatic nitrogens is 3. The van der Waals surface area contributed by atoms with Gasteiger partial charge < -0.3 is 5.73 Å². The first-order valence-corrected chi connectivity index (χ1v) is 4.81. The molecule has 0 aliphatic rings. The second-order valence-electron chi connectivity index (χ2n) is 3.53. The molecule has 0 amide bonds. The zero-order valence-electron chi connectivity index (χ0n) is 8.44. The molecule has 0 aliphatic carbocycles. The highest BCUT2D eigenvalue weighted by Crippen LogP contribution is 2.18. The highest BCUT2D eigenvalue weighted by Gasteiger charge is 2.08. The standard InChI is InChI=1S/C10H14N4/c1-3-7(2)14-10-8(5-13-14)4-9(11)6-12-10/h4-7H,3,11H2,1-2H3/t7-/m0/s1. The van der Waals surface area contributed by atoms with E-state index in [1.165, 1.54) is 0 Å². The van der Waals surface area contributed by atoms with Gasteiger partial charge in [0.25, 0.3) is 0 Å². The first kappa shape index (κ1) is 8.99.